The van der Waals surface area contributed by atoms with E-state index in [0.29, 0.717) is 5.88 Å². The zero-order chi connectivity index (χ0) is 16.3. The summed E-state index contributed by atoms with van der Waals surface area (Å²) in [5.74, 6) is 0.492. The molecule has 0 radical (unpaired) electrons. The first kappa shape index (κ1) is 15.5. The SMILES string of the molecule is COc1ccc(CNS(=O)(=O)c2ccc3ccccc3c2)cn1. The maximum atomic E-state index is 12.4. The number of methoxy groups -OCH3 is 1. The van der Waals surface area contributed by atoms with Crippen molar-refractivity contribution in [3.05, 3.63) is 66.4 Å². The van der Waals surface area contributed by atoms with Crippen molar-refractivity contribution in [1.29, 1.82) is 0 Å². The first-order chi connectivity index (χ1) is 11.1. The number of pyridine rings is 1. The Bertz CT molecular complexity index is 922. The van der Waals surface area contributed by atoms with Gasteiger partial charge in [-0.05, 0) is 28.5 Å². The van der Waals surface area contributed by atoms with E-state index in [1.807, 2.05) is 24.3 Å². The Morgan fingerprint density at radius 2 is 1.83 bits per heavy atom. The fourth-order valence-corrected chi connectivity index (χ4v) is 3.29. The summed E-state index contributed by atoms with van der Waals surface area (Å²) < 4.78 is 32.4. The monoisotopic (exact) mass is 328 g/mol. The van der Waals surface area contributed by atoms with Crippen LogP contribution >= 0.6 is 0 Å². The van der Waals surface area contributed by atoms with Crippen molar-refractivity contribution in [3.8, 4) is 5.88 Å². The standard InChI is InChI=1S/C17H16N2O3S/c1-22-17-9-6-13(11-18-17)12-19-23(20,21)16-8-7-14-4-2-3-5-15(14)10-16/h2-11,19H,12H2,1H3. The molecule has 3 aromatic rings. The third-order valence-corrected chi connectivity index (χ3v) is 4.90. The summed E-state index contributed by atoms with van der Waals surface area (Å²) in [6.45, 7) is 0.173. The van der Waals surface area contributed by atoms with Crippen LogP contribution in [-0.4, -0.2) is 20.5 Å². The number of ether oxygens (including phenoxy) is 1. The predicted molar refractivity (Wildman–Crippen MR) is 88.8 cm³/mol. The molecule has 0 bridgehead atoms. The molecule has 0 aliphatic rings. The summed E-state index contributed by atoms with van der Waals surface area (Å²) in [6, 6.07) is 16.2. The number of benzene rings is 2. The van der Waals surface area contributed by atoms with Crippen molar-refractivity contribution in [3.63, 3.8) is 0 Å². The van der Waals surface area contributed by atoms with Crippen LogP contribution in [0.25, 0.3) is 10.8 Å². The van der Waals surface area contributed by atoms with Crippen molar-refractivity contribution >= 4 is 20.8 Å². The maximum Gasteiger partial charge on any atom is 0.240 e. The van der Waals surface area contributed by atoms with Crippen molar-refractivity contribution in [1.82, 2.24) is 9.71 Å². The Hall–Kier alpha value is -2.44. The van der Waals surface area contributed by atoms with Crippen LogP contribution < -0.4 is 9.46 Å². The van der Waals surface area contributed by atoms with Crippen LogP contribution in [0.3, 0.4) is 0 Å². The smallest absolute Gasteiger partial charge is 0.240 e. The first-order valence-electron chi connectivity index (χ1n) is 7.06. The lowest BCUT2D eigenvalue weighted by atomic mass is 10.1. The van der Waals surface area contributed by atoms with Gasteiger partial charge in [0.2, 0.25) is 15.9 Å². The van der Waals surface area contributed by atoms with E-state index in [1.165, 1.54) is 7.11 Å². The molecule has 0 atom stereocenters. The zero-order valence-corrected chi connectivity index (χ0v) is 13.4. The van der Waals surface area contributed by atoms with Gasteiger partial charge >= 0.3 is 0 Å². The molecule has 0 amide bonds. The summed E-state index contributed by atoms with van der Waals surface area (Å²) in [5.41, 5.74) is 0.759. The third-order valence-electron chi connectivity index (χ3n) is 3.50. The van der Waals surface area contributed by atoms with Gasteiger partial charge in [0.1, 0.15) is 0 Å². The van der Waals surface area contributed by atoms with E-state index in [0.717, 1.165) is 16.3 Å². The largest absolute Gasteiger partial charge is 0.481 e. The minimum absolute atomic E-state index is 0.173. The van der Waals surface area contributed by atoms with E-state index in [9.17, 15) is 8.42 Å². The van der Waals surface area contributed by atoms with E-state index in [1.54, 1.807) is 36.5 Å². The number of fused-ring (bicyclic) bond motifs is 1. The van der Waals surface area contributed by atoms with E-state index >= 15 is 0 Å². The molecule has 0 saturated heterocycles. The second kappa shape index (κ2) is 6.36. The van der Waals surface area contributed by atoms with Gasteiger partial charge in [0.05, 0.1) is 12.0 Å². The molecule has 5 nitrogen and oxygen atoms in total. The lowest BCUT2D eigenvalue weighted by Gasteiger charge is -2.08. The van der Waals surface area contributed by atoms with Gasteiger partial charge in [-0.15, -0.1) is 0 Å². The Kier molecular flexibility index (Phi) is 4.27. The molecule has 0 saturated carbocycles. The highest BCUT2D eigenvalue weighted by atomic mass is 32.2. The molecule has 1 N–H and O–H groups in total. The lowest BCUT2D eigenvalue weighted by Crippen LogP contribution is -2.23. The Balaban J connectivity index is 1.79. The number of hydrogen-bond acceptors (Lipinski definition) is 4. The van der Waals surface area contributed by atoms with Crippen molar-refractivity contribution in [2.45, 2.75) is 11.4 Å². The van der Waals surface area contributed by atoms with Gasteiger partial charge in [-0.2, -0.15) is 0 Å². The van der Waals surface area contributed by atoms with Gasteiger partial charge in [-0.1, -0.05) is 36.4 Å². The molecule has 2 aromatic carbocycles. The minimum Gasteiger partial charge on any atom is -0.481 e. The summed E-state index contributed by atoms with van der Waals surface area (Å²) in [4.78, 5) is 4.30. The first-order valence-corrected chi connectivity index (χ1v) is 8.54. The molecule has 1 aromatic heterocycles. The van der Waals surface area contributed by atoms with Crippen molar-refractivity contribution in [2.24, 2.45) is 0 Å². The summed E-state index contributed by atoms with van der Waals surface area (Å²) in [6.07, 6.45) is 1.59. The van der Waals surface area contributed by atoms with Crippen LogP contribution in [0.15, 0.2) is 65.7 Å². The second-order valence-electron chi connectivity index (χ2n) is 5.04. The quantitative estimate of drug-likeness (QED) is 0.782. The highest BCUT2D eigenvalue weighted by Crippen LogP contribution is 2.19. The normalized spacial score (nSPS) is 11.5. The highest BCUT2D eigenvalue weighted by molar-refractivity contribution is 7.89. The number of rotatable bonds is 5. The van der Waals surface area contributed by atoms with E-state index < -0.39 is 10.0 Å². The Labute approximate surface area is 135 Å². The fraction of sp³-hybridized carbons (Fsp3) is 0.118. The number of aromatic nitrogens is 1. The van der Waals surface area contributed by atoms with Crippen LogP contribution in [0.5, 0.6) is 5.88 Å². The van der Waals surface area contributed by atoms with E-state index in [2.05, 4.69) is 9.71 Å². The average molecular weight is 328 g/mol. The molecule has 0 aliphatic heterocycles. The van der Waals surface area contributed by atoms with E-state index in [4.69, 9.17) is 4.74 Å². The summed E-state index contributed by atoms with van der Waals surface area (Å²) in [5, 5.41) is 1.90. The number of sulfonamides is 1. The minimum atomic E-state index is -3.57. The molecule has 6 heteroatoms. The van der Waals surface area contributed by atoms with E-state index in [-0.39, 0.29) is 11.4 Å². The molecule has 118 valence electrons. The van der Waals surface area contributed by atoms with Gasteiger partial charge in [0.15, 0.2) is 0 Å². The van der Waals surface area contributed by atoms with Gasteiger partial charge in [-0.3, -0.25) is 0 Å². The maximum absolute atomic E-state index is 12.4. The molecular formula is C17H16N2O3S. The van der Waals surface area contributed by atoms with Crippen LogP contribution in [0.1, 0.15) is 5.56 Å². The third kappa shape index (κ3) is 3.49. The summed E-state index contributed by atoms with van der Waals surface area (Å²) in [7, 11) is -2.04. The van der Waals surface area contributed by atoms with Crippen molar-refractivity contribution < 1.29 is 13.2 Å². The molecule has 0 spiro atoms. The zero-order valence-electron chi connectivity index (χ0n) is 12.6. The molecule has 3 rings (SSSR count). The van der Waals surface area contributed by atoms with Gasteiger partial charge in [0, 0.05) is 18.8 Å². The molecule has 0 fully saturated rings. The summed E-state index contributed by atoms with van der Waals surface area (Å²) >= 11 is 0. The Morgan fingerprint density at radius 3 is 2.52 bits per heavy atom. The molecule has 0 aliphatic carbocycles. The predicted octanol–water partition coefficient (Wildman–Crippen LogP) is 2.72. The topological polar surface area (TPSA) is 68.3 Å². The van der Waals surface area contributed by atoms with Crippen LogP contribution in [-0.2, 0) is 16.6 Å². The molecular weight excluding hydrogens is 312 g/mol. The number of hydrogen-bond donors (Lipinski definition) is 1. The Morgan fingerprint density at radius 1 is 1.04 bits per heavy atom. The van der Waals surface area contributed by atoms with Crippen LogP contribution in [0, 0.1) is 0 Å². The van der Waals surface area contributed by atoms with Crippen LogP contribution in [0.4, 0.5) is 0 Å². The van der Waals surface area contributed by atoms with Gasteiger partial charge < -0.3 is 4.74 Å². The average Bonchev–Trinajstić information content (AvgIpc) is 2.60. The van der Waals surface area contributed by atoms with Gasteiger partial charge in [-0.25, -0.2) is 18.1 Å². The van der Waals surface area contributed by atoms with Crippen LogP contribution in [0.2, 0.25) is 0 Å². The highest BCUT2D eigenvalue weighted by Gasteiger charge is 2.14. The number of nitrogens with one attached hydrogen (secondary N) is 1. The fourth-order valence-electron chi connectivity index (χ4n) is 2.23. The van der Waals surface area contributed by atoms with Crippen molar-refractivity contribution in [2.75, 3.05) is 7.11 Å². The second-order valence-corrected chi connectivity index (χ2v) is 6.81. The number of nitrogens with zero attached hydrogens (tertiary/aromatic N) is 1. The lowest BCUT2D eigenvalue weighted by molar-refractivity contribution is 0.397. The molecule has 0 unspecified atom stereocenters. The molecule has 23 heavy (non-hydrogen) atoms. The van der Waals surface area contributed by atoms with Gasteiger partial charge in [0.25, 0.3) is 0 Å². The molecule has 1 heterocycles.